The van der Waals surface area contributed by atoms with Crippen molar-refractivity contribution in [3.63, 3.8) is 0 Å². The summed E-state index contributed by atoms with van der Waals surface area (Å²) >= 11 is 0. The minimum absolute atomic E-state index is 0.134. The Labute approximate surface area is 47.4 Å². The summed E-state index contributed by atoms with van der Waals surface area (Å²) in [7, 11) is 0. The van der Waals surface area contributed by atoms with Crippen LogP contribution in [0.4, 0.5) is 0 Å². The third-order valence-electron chi connectivity index (χ3n) is 1.30. The Morgan fingerprint density at radius 1 is 1.62 bits per heavy atom. The normalized spacial score (nSPS) is 32.0. The molecule has 1 atom stereocenters. The van der Waals surface area contributed by atoms with E-state index in [1.165, 1.54) is 0 Å². The molecule has 0 radical (unpaired) electrons. The number of allylic oxidation sites excluding steroid dienone is 2. The minimum atomic E-state index is 0.134. The molecule has 0 aromatic heterocycles. The van der Waals surface area contributed by atoms with Gasteiger partial charge >= 0.3 is 0 Å². The first-order valence-electron chi connectivity index (χ1n) is 2.59. The molecule has 42 valence electrons. The molecule has 1 saturated heterocycles. The van der Waals surface area contributed by atoms with E-state index in [4.69, 9.17) is 9.47 Å². The zero-order valence-electron chi connectivity index (χ0n) is 4.33. The fourth-order valence-corrected chi connectivity index (χ4v) is 0.884. The Morgan fingerprint density at radius 2 is 2.62 bits per heavy atom. The molecule has 1 aliphatic heterocycles. The molecule has 0 bridgehead atoms. The van der Waals surface area contributed by atoms with E-state index in [0.717, 1.165) is 5.76 Å². The molecule has 1 fully saturated rings. The maximum atomic E-state index is 5.10. The molecule has 2 rings (SSSR count). The van der Waals surface area contributed by atoms with Crippen LogP contribution in [-0.4, -0.2) is 12.9 Å². The molecule has 2 heteroatoms. The second kappa shape index (κ2) is 1.36. The molecule has 1 unspecified atom stereocenters. The van der Waals surface area contributed by atoms with Crippen LogP contribution >= 0.6 is 0 Å². The zero-order valence-corrected chi connectivity index (χ0v) is 4.33. The number of hydrogen-bond acceptors (Lipinski definition) is 2. The van der Waals surface area contributed by atoms with Gasteiger partial charge in [0.25, 0.3) is 0 Å². The first-order chi connectivity index (χ1) is 3.97. The monoisotopic (exact) mass is 110 g/mol. The summed E-state index contributed by atoms with van der Waals surface area (Å²) in [6.07, 6.45) is 5.98. The lowest BCUT2D eigenvalue weighted by atomic mass is 10.4. The predicted octanol–water partition coefficient (Wildman–Crippen LogP) is 0.813. The van der Waals surface area contributed by atoms with Crippen molar-refractivity contribution in [2.45, 2.75) is 6.10 Å². The van der Waals surface area contributed by atoms with Crippen molar-refractivity contribution < 1.29 is 9.47 Å². The summed E-state index contributed by atoms with van der Waals surface area (Å²) in [6.45, 7) is 0.418. The van der Waals surface area contributed by atoms with Gasteiger partial charge in [0.2, 0.25) is 0 Å². The Hall–Kier alpha value is -0.760. The van der Waals surface area contributed by atoms with E-state index >= 15 is 0 Å². The van der Waals surface area contributed by atoms with Gasteiger partial charge in [-0.15, -0.1) is 0 Å². The third kappa shape index (κ3) is 0.406. The smallest absolute Gasteiger partial charge is 0.189 e. The summed E-state index contributed by atoms with van der Waals surface area (Å²) in [6, 6.07) is 0. The topological polar surface area (TPSA) is 18.5 Å². The van der Waals surface area contributed by atoms with Crippen LogP contribution in [0.5, 0.6) is 0 Å². The first-order valence-corrected chi connectivity index (χ1v) is 2.59. The van der Waals surface area contributed by atoms with Crippen LogP contribution in [0.1, 0.15) is 0 Å². The van der Waals surface area contributed by atoms with Crippen molar-refractivity contribution in [1.82, 2.24) is 0 Å². The fraction of sp³-hybridized carbons (Fsp3) is 0.333. The van der Waals surface area contributed by atoms with Gasteiger partial charge in [-0.3, -0.25) is 0 Å². The third-order valence-corrected chi connectivity index (χ3v) is 1.30. The van der Waals surface area contributed by atoms with Crippen LogP contribution in [0.15, 0.2) is 24.0 Å². The molecule has 2 nitrogen and oxygen atoms in total. The maximum Gasteiger partial charge on any atom is 0.189 e. The van der Waals surface area contributed by atoms with Gasteiger partial charge in [-0.1, -0.05) is 6.08 Å². The molecule has 0 N–H and O–H groups in total. The highest BCUT2D eigenvalue weighted by Gasteiger charge is 2.22. The van der Waals surface area contributed by atoms with Crippen LogP contribution in [0.25, 0.3) is 0 Å². The summed E-state index contributed by atoms with van der Waals surface area (Å²) in [5, 5.41) is 0. The molecule has 0 amide bonds. The van der Waals surface area contributed by atoms with Crippen LogP contribution in [0.2, 0.25) is 0 Å². The second-order valence-electron chi connectivity index (χ2n) is 1.80. The van der Waals surface area contributed by atoms with Gasteiger partial charge in [0.15, 0.2) is 6.79 Å². The van der Waals surface area contributed by atoms with Gasteiger partial charge < -0.3 is 9.47 Å². The van der Waals surface area contributed by atoms with E-state index in [1.807, 2.05) is 18.2 Å². The van der Waals surface area contributed by atoms with Gasteiger partial charge in [0, 0.05) is 0 Å². The predicted molar refractivity (Wildman–Crippen MR) is 28.0 cm³/mol. The van der Waals surface area contributed by atoms with E-state index in [2.05, 4.69) is 0 Å². The summed E-state index contributed by atoms with van der Waals surface area (Å²) in [5.74, 6) is 0.949. The molecule has 1 aliphatic carbocycles. The summed E-state index contributed by atoms with van der Waals surface area (Å²) in [5.41, 5.74) is 0. The SMILES string of the molecule is C1=CC2OCOC2=C1. The van der Waals surface area contributed by atoms with Crippen LogP contribution in [0.3, 0.4) is 0 Å². The van der Waals surface area contributed by atoms with E-state index in [0.29, 0.717) is 6.79 Å². The highest BCUT2D eigenvalue weighted by molar-refractivity contribution is 5.26. The van der Waals surface area contributed by atoms with Crippen molar-refractivity contribution >= 4 is 0 Å². The van der Waals surface area contributed by atoms with Crippen LogP contribution < -0.4 is 0 Å². The summed E-state index contributed by atoms with van der Waals surface area (Å²) < 4.78 is 10.2. The highest BCUT2D eigenvalue weighted by Crippen LogP contribution is 2.21. The average molecular weight is 110 g/mol. The van der Waals surface area contributed by atoms with Gasteiger partial charge in [0.1, 0.15) is 11.9 Å². The van der Waals surface area contributed by atoms with Crippen molar-refractivity contribution in [1.29, 1.82) is 0 Å². The van der Waals surface area contributed by atoms with Gasteiger partial charge in [-0.25, -0.2) is 0 Å². The standard InChI is InChI=1S/C6H6O2/c1-2-5-6(3-1)8-4-7-5/h1-3,5H,4H2. The number of ether oxygens (including phenoxy) is 2. The molecule has 0 saturated carbocycles. The van der Waals surface area contributed by atoms with Gasteiger partial charge in [-0.2, -0.15) is 0 Å². The molecule has 0 aromatic carbocycles. The van der Waals surface area contributed by atoms with E-state index in [9.17, 15) is 0 Å². The lowest BCUT2D eigenvalue weighted by Crippen LogP contribution is -1.98. The lowest BCUT2D eigenvalue weighted by Gasteiger charge is -1.93. The van der Waals surface area contributed by atoms with E-state index in [-0.39, 0.29) is 6.10 Å². The molecule has 8 heavy (non-hydrogen) atoms. The molecule has 0 spiro atoms. The Kier molecular flexibility index (Phi) is 0.704. The average Bonchev–Trinajstić information content (AvgIpc) is 2.15. The van der Waals surface area contributed by atoms with Gasteiger partial charge in [0.05, 0.1) is 0 Å². The molecule has 2 aliphatic rings. The quantitative estimate of drug-likeness (QED) is 0.459. The minimum Gasteiger partial charge on any atom is -0.469 e. The molecular weight excluding hydrogens is 104 g/mol. The summed E-state index contributed by atoms with van der Waals surface area (Å²) in [4.78, 5) is 0. The first kappa shape index (κ1) is 4.15. The maximum absolute atomic E-state index is 5.10. The molecule has 1 heterocycles. The Balaban J connectivity index is 2.29. The Morgan fingerprint density at radius 3 is 3.50 bits per heavy atom. The largest absolute Gasteiger partial charge is 0.469 e. The van der Waals surface area contributed by atoms with Crippen molar-refractivity contribution in [3.05, 3.63) is 24.0 Å². The number of hydrogen-bond donors (Lipinski definition) is 0. The molecule has 0 aromatic rings. The fourth-order valence-electron chi connectivity index (χ4n) is 0.884. The van der Waals surface area contributed by atoms with E-state index in [1.54, 1.807) is 0 Å². The number of rotatable bonds is 0. The molecular formula is C6H6O2. The lowest BCUT2D eigenvalue weighted by molar-refractivity contribution is 0.0623. The van der Waals surface area contributed by atoms with Crippen LogP contribution in [-0.2, 0) is 9.47 Å². The van der Waals surface area contributed by atoms with Crippen LogP contribution in [0, 0.1) is 0 Å². The van der Waals surface area contributed by atoms with Crippen molar-refractivity contribution in [2.24, 2.45) is 0 Å². The zero-order chi connectivity index (χ0) is 5.40. The van der Waals surface area contributed by atoms with E-state index < -0.39 is 0 Å². The highest BCUT2D eigenvalue weighted by atomic mass is 16.7. The Bertz CT molecular complexity index is 158. The van der Waals surface area contributed by atoms with Crippen molar-refractivity contribution in [2.75, 3.05) is 6.79 Å². The second-order valence-corrected chi connectivity index (χ2v) is 1.80. The number of fused-ring (bicyclic) bond motifs is 1. The van der Waals surface area contributed by atoms with Gasteiger partial charge in [-0.05, 0) is 12.2 Å². The van der Waals surface area contributed by atoms with Crippen molar-refractivity contribution in [3.8, 4) is 0 Å².